The van der Waals surface area contributed by atoms with Gasteiger partial charge in [0.25, 0.3) is 0 Å². The number of aliphatic hydroxyl groups excluding tert-OH is 1. The van der Waals surface area contributed by atoms with Gasteiger partial charge in [-0.05, 0) is 49.4 Å². The SMILES string of the molecule is CCC(C)CCCCCCCCCCCCCCCCC(=O)OC[C@H](COP(=O)(O)OCC(O)COP(=O)(O)OC[C@@H](COC(=O)CCCCCCCCCC(C)C)OC(=O)CCCCCCCCCCCCC(C)CC)OC(=O)CCCCCCCCCCCCCCCCC(C)CC. The molecule has 0 bridgehead atoms. The van der Waals surface area contributed by atoms with Gasteiger partial charge >= 0.3 is 39.5 Å². The summed E-state index contributed by atoms with van der Waals surface area (Å²) in [5.74, 6) is 1.09. The van der Waals surface area contributed by atoms with Gasteiger partial charge in [-0.3, -0.25) is 37.3 Å². The minimum Gasteiger partial charge on any atom is -0.462 e. The number of esters is 4. The second-order valence-electron chi connectivity index (χ2n) is 30.4. The molecule has 8 atom stereocenters. The maximum absolute atomic E-state index is 13.1. The van der Waals surface area contributed by atoms with Gasteiger partial charge in [-0.25, -0.2) is 9.13 Å². The Bertz CT molecular complexity index is 1960. The second kappa shape index (κ2) is 70.1. The molecule has 6 unspecified atom stereocenters. The smallest absolute Gasteiger partial charge is 0.462 e. The van der Waals surface area contributed by atoms with Gasteiger partial charge < -0.3 is 33.8 Å². The number of carbonyl (C=O) groups is 4. The van der Waals surface area contributed by atoms with Crippen molar-refractivity contribution in [2.75, 3.05) is 39.6 Å². The van der Waals surface area contributed by atoms with Crippen LogP contribution in [0.5, 0.6) is 0 Å². The fourth-order valence-electron chi connectivity index (χ4n) is 12.3. The predicted molar refractivity (Wildman–Crippen MR) is 409 cm³/mol. The molecule has 0 aliphatic rings. The number of phosphoric acid groups is 2. The Kier molecular flexibility index (Phi) is 68.7. The summed E-state index contributed by atoms with van der Waals surface area (Å²) < 4.78 is 68.7. The molecule has 17 nitrogen and oxygen atoms in total. The highest BCUT2D eigenvalue weighted by molar-refractivity contribution is 7.47. The zero-order valence-corrected chi connectivity index (χ0v) is 67.6. The quantitative estimate of drug-likeness (QED) is 0.0222. The number of aliphatic hydroxyl groups is 1. The number of phosphoric ester groups is 2. The maximum atomic E-state index is 13.1. The van der Waals surface area contributed by atoms with E-state index < -0.39 is 97.5 Å². The molecule has 594 valence electrons. The van der Waals surface area contributed by atoms with Gasteiger partial charge in [0, 0.05) is 25.7 Å². The average molecular weight is 1470 g/mol. The first kappa shape index (κ1) is 98.1. The third kappa shape index (κ3) is 70.4. The third-order valence-electron chi connectivity index (χ3n) is 19.9. The Balaban J connectivity index is 5.26. The molecule has 0 heterocycles. The van der Waals surface area contributed by atoms with E-state index in [1.165, 1.54) is 212 Å². The molecular formula is C81H158O17P2. The minimum atomic E-state index is -4.96. The minimum absolute atomic E-state index is 0.105. The summed E-state index contributed by atoms with van der Waals surface area (Å²) >= 11 is 0. The molecule has 0 aliphatic carbocycles. The van der Waals surface area contributed by atoms with E-state index in [9.17, 15) is 43.2 Å². The van der Waals surface area contributed by atoms with Crippen LogP contribution in [0.2, 0.25) is 0 Å². The average Bonchev–Trinajstić information content (AvgIpc) is 0.965. The molecule has 0 rings (SSSR count). The Hall–Kier alpha value is -1.94. The van der Waals surface area contributed by atoms with Gasteiger partial charge in [0.2, 0.25) is 0 Å². The van der Waals surface area contributed by atoms with Crippen molar-refractivity contribution >= 4 is 39.5 Å². The first-order valence-electron chi connectivity index (χ1n) is 41.8. The Labute approximate surface area is 613 Å². The standard InChI is InChI=1S/C81H158O17P2/c1-9-72(6)58-50-42-34-26-20-16-12-14-18-22-29-37-45-53-61-78(83)91-67-76(97-80(85)63-55-47-38-30-23-19-15-13-17-21-27-35-43-51-59-73(7)10-2)69-95-99(87,88)93-65-75(82)66-94-100(89,90)96-70-77(68-92-79(84)62-54-46-40-32-33-41-49-57-71(4)5)98-81(86)64-56-48-39-31-25-24-28-36-44-52-60-74(8)11-3/h71-77,82H,9-70H2,1-8H3,(H,87,88)(H,89,90)/t72?,73?,74?,75?,76-,77-/m1/s1. The Morgan fingerprint density at radius 1 is 0.280 bits per heavy atom. The predicted octanol–water partition coefficient (Wildman–Crippen LogP) is 24.0. The summed E-state index contributed by atoms with van der Waals surface area (Å²) in [4.78, 5) is 73.0. The number of unbranched alkanes of at least 4 members (excludes halogenated alkanes) is 41. The van der Waals surface area contributed by atoms with Gasteiger partial charge in [0.05, 0.1) is 26.4 Å². The topological polar surface area (TPSA) is 237 Å². The molecule has 0 saturated heterocycles. The van der Waals surface area contributed by atoms with E-state index in [4.69, 9.17) is 37.0 Å². The molecule has 0 spiro atoms. The zero-order chi connectivity index (χ0) is 73.8. The fourth-order valence-corrected chi connectivity index (χ4v) is 13.9. The van der Waals surface area contributed by atoms with Crippen LogP contribution in [0.15, 0.2) is 0 Å². The molecule has 0 amide bonds. The highest BCUT2D eigenvalue weighted by Crippen LogP contribution is 2.45. The lowest BCUT2D eigenvalue weighted by Gasteiger charge is -2.21. The first-order chi connectivity index (χ1) is 48.2. The summed E-state index contributed by atoms with van der Waals surface area (Å²) in [6.07, 6.45) is 56.7. The third-order valence-corrected chi connectivity index (χ3v) is 21.8. The number of hydrogen-bond acceptors (Lipinski definition) is 15. The molecule has 0 aromatic heterocycles. The van der Waals surface area contributed by atoms with Gasteiger partial charge in [-0.1, -0.05) is 364 Å². The first-order valence-corrected chi connectivity index (χ1v) is 44.8. The lowest BCUT2D eigenvalue weighted by molar-refractivity contribution is -0.161. The highest BCUT2D eigenvalue weighted by Gasteiger charge is 2.30. The van der Waals surface area contributed by atoms with Crippen LogP contribution in [0.4, 0.5) is 0 Å². The van der Waals surface area contributed by atoms with Crippen molar-refractivity contribution in [1.29, 1.82) is 0 Å². The number of carbonyl (C=O) groups excluding carboxylic acids is 4. The van der Waals surface area contributed by atoms with Gasteiger partial charge in [-0.2, -0.15) is 0 Å². The van der Waals surface area contributed by atoms with Crippen molar-refractivity contribution in [2.24, 2.45) is 23.7 Å². The Morgan fingerprint density at radius 3 is 0.710 bits per heavy atom. The molecule has 19 heteroatoms. The maximum Gasteiger partial charge on any atom is 0.472 e. The fraction of sp³-hybridized carbons (Fsp3) is 0.951. The van der Waals surface area contributed by atoms with Crippen molar-refractivity contribution < 1.29 is 80.2 Å². The number of rotatable bonds is 78. The Morgan fingerprint density at radius 2 is 0.480 bits per heavy atom. The van der Waals surface area contributed by atoms with Crippen LogP contribution < -0.4 is 0 Å². The van der Waals surface area contributed by atoms with E-state index in [1.54, 1.807) is 0 Å². The largest absolute Gasteiger partial charge is 0.472 e. The van der Waals surface area contributed by atoms with E-state index >= 15 is 0 Å². The summed E-state index contributed by atoms with van der Waals surface area (Å²) in [7, 11) is -9.92. The molecule has 0 aromatic rings. The van der Waals surface area contributed by atoms with E-state index in [1.807, 2.05) is 0 Å². The summed E-state index contributed by atoms with van der Waals surface area (Å²) in [6.45, 7) is 14.3. The van der Waals surface area contributed by atoms with Gasteiger partial charge in [-0.15, -0.1) is 0 Å². The van der Waals surface area contributed by atoms with Crippen LogP contribution >= 0.6 is 15.6 Å². The van der Waals surface area contributed by atoms with Crippen LogP contribution in [0, 0.1) is 23.7 Å². The van der Waals surface area contributed by atoms with Crippen molar-refractivity contribution in [3.8, 4) is 0 Å². The van der Waals surface area contributed by atoms with E-state index in [-0.39, 0.29) is 25.7 Å². The van der Waals surface area contributed by atoms with Crippen molar-refractivity contribution in [3.63, 3.8) is 0 Å². The highest BCUT2D eigenvalue weighted by atomic mass is 31.2. The molecule has 3 N–H and O–H groups in total. The molecule has 0 radical (unpaired) electrons. The van der Waals surface area contributed by atoms with Gasteiger partial charge in [0.15, 0.2) is 12.2 Å². The molecular weight excluding hydrogens is 1310 g/mol. The molecule has 0 aromatic carbocycles. The number of ether oxygens (including phenoxy) is 4. The van der Waals surface area contributed by atoms with E-state index in [0.29, 0.717) is 31.6 Å². The summed E-state index contributed by atoms with van der Waals surface area (Å²) in [5, 5.41) is 10.6. The van der Waals surface area contributed by atoms with E-state index in [0.717, 1.165) is 114 Å². The van der Waals surface area contributed by atoms with Gasteiger partial charge in [0.1, 0.15) is 19.3 Å². The lowest BCUT2D eigenvalue weighted by atomic mass is 9.99. The zero-order valence-electron chi connectivity index (χ0n) is 65.8. The van der Waals surface area contributed by atoms with Crippen LogP contribution in [-0.4, -0.2) is 96.7 Å². The monoisotopic (exact) mass is 1470 g/mol. The molecule has 0 saturated carbocycles. The summed E-state index contributed by atoms with van der Waals surface area (Å²) in [6, 6.07) is 0. The van der Waals surface area contributed by atoms with Crippen LogP contribution in [0.3, 0.4) is 0 Å². The van der Waals surface area contributed by atoms with Crippen molar-refractivity contribution in [2.45, 2.75) is 433 Å². The molecule has 100 heavy (non-hydrogen) atoms. The van der Waals surface area contributed by atoms with Crippen LogP contribution in [0.25, 0.3) is 0 Å². The number of hydrogen-bond donors (Lipinski definition) is 3. The molecule has 0 fully saturated rings. The second-order valence-corrected chi connectivity index (χ2v) is 33.3. The van der Waals surface area contributed by atoms with E-state index in [2.05, 4.69) is 55.4 Å². The van der Waals surface area contributed by atoms with Crippen LogP contribution in [0.1, 0.15) is 415 Å². The lowest BCUT2D eigenvalue weighted by Crippen LogP contribution is -2.30. The normalized spacial score (nSPS) is 14.8. The van der Waals surface area contributed by atoms with Crippen LogP contribution in [-0.2, 0) is 65.4 Å². The summed E-state index contributed by atoms with van der Waals surface area (Å²) in [5.41, 5.74) is 0. The van der Waals surface area contributed by atoms with Crippen molar-refractivity contribution in [3.05, 3.63) is 0 Å². The van der Waals surface area contributed by atoms with Crippen molar-refractivity contribution in [1.82, 2.24) is 0 Å². The molecule has 0 aliphatic heterocycles.